The van der Waals surface area contributed by atoms with E-state index in [4.69, 9.17) is 4.74 Å². The molecule has 0 radical (unpaired) electrons. The van der Waals surface area contributed by atoms with Crippen molar-refractivity contribution in [2.45, 2.75) is 31.7 Å². The summed E-state index contributed by atoms with van der Waals surface area (Å²) in [5.74, 6) is 0.165. The molecule has 0 aromatic carbocycles. The molecular weight excluding hydrogens is 234 g/mol. The molecule has 1 unspecified atom stereocenters. The van der Waals surface area contributed by atoms with Crippen molar-refractivity contribution in [2.75, 3.05) is 18.6 Å². The number of carboxylic acid groups (broad SMARTS) is 1. The predicted molar refractivity (Wildman–Crippen MR) is 65.8 cm³/mol. The van der Waals surface area contributed by atoms with Gasteiger partial charge in [-0.3, -0.25) is 4.98 Å². The zero-order chi connectivity index (χ0) is 13.2. The maximum atomic E-state index is 11.6. The van der Waals surface area contributed by atoms with Crippen LogP contribution < -0.4 is 9.64 Å². The van der Waals surface area contributed by atoms with Crippen LogP contribution in [0.3, 0.4) is 0 Å². The molecule has 2 heterocycles. The van der Waals surface area contributed by atoms with Gasteiger partial charge < -0.3 is 14.7 Å². The summed E-state index contributed by atoms with van der Waals surface area (Å²) in [4.78, 5) is 21.7. The number of methoxy groups -OCH3 is 1. The van der Waals surface area contributed by atoms with Crippen LogP contribution in [0.4, 0.5) is 5.82 Å². The third-order valence-electron chi connectivity index (χ3n) is 3.56. The van der Waals surface area contributed by atoms with E-state index in [-0.39, 0.29) is 0 Å². The molecule has 1 atom stereocenters. The molecule has 1 aromatic heterocycles. The Morgan fingerprint density at radius 3 is 3.00 bits per heavy atom. The van der Waals surface area contributed by atoms with Gasteiger partial charge in [-0.2, -0.15) is 4.98 Å². The number of carbonyl (C=O) groups is 1. The lowest BCUT2D eigenvalue weighted by Crippen LogP contribution is -2.50. The van der Waals surface area contributed by atoms with Crippen LogP contribution in [0.1, 0.15) is 26.2 Å². The fraction of sp³-hybridized carbons (Fsp3) is 0.583. The standard InChI is InChI=1S/C12H17N3O3/c1-3-12(11(16)17)5-4-6-15(12)9-7-13-8-10(14-9)18-2/h7-8H,3-6H2,1-2H3,(H,16,17). The van der Waals surface area contributed by atoms with Gasteiger partial charge in [-0.1, -0.05) is 6.92 Å². The summed E-state index contributed by atoms with van der Waals surface area (Å²) in [5.41, 5.74) is -0.860. The molecule has 18 heavy (non-hydrogen) atoms. The number of aromatic nitrogens is 2. The van der Waals surface area contributed by atoms with E-state index < -0.39 is 11.5 Å². The topological polar surface area (TPSA) is 75.5 Å². The lowest BCUT2D eigenvalue weighted by Gasteiger charge is -2.34. The van der Waals surface area contributed by atoms with Gasteiger partial charge in [-0.15, -0.1) is 0 Å². The first-order valence-electron chi connectivity index (χ1n) is 6.01. The Hall–Kier alpha value is -1.85. The van der Waals surface area contributed by atoms with E-state index in [1.54, 1.807) is 6.20 Å². The molecule has 0 aliphatic carbocycles. The summed E-state index contributed by atoms with van der Waals surface area (Å²) in [6.45, 7) is 2.57. The van der Waals surface area contributed by atoms with Crippen LogP contribution in [0.2, 0.25) is 0 Å². The number of ether oxygens (including phenoxy) is 1. The Morgan fingerprint density at radius 1 is 1.61 bits per heavy atom. The SMILES string of the molecule is CCC1(C(=O)O)CCCN1c1cncc(OC)n1. The Balaban J connectivity index is 2.39. The highest BCUT2D eigenvalue weighted by Crippen LogP contribution is 2.36. The fourth-order valence-corrected chi connectivity index (χ4v) is 2.52. The predicted octanol–water partition coefficient (Wildman–Crippen LogP) is 1.32. The summed E-state index contributed by atoms with van der Waals surface area (Å²) < 4.78 is 5.03. The molecule has 98 valence electrons. The summed E-state index contributed by atoms with van der Waals surface area (Å²) in [5, 5.41) is 9.50. The molecule has 0 amide bonds. The molecule has 2 rings (SSSR count). The first kappa shape index (κ1) is 12.6. The molecule has 1 fully saturated rings. The number of aliphatic carboxylic acids is 1. The van der Waals surface area contributed by atoms with E-state index in [0.717, 1.165) is 6.42 Å². The number of hydrogen-bond acceptors (Lipinski definition) is 5. The van der Waals surface area contributed by atoms with Gasteiger partial charge in [0.2, 0.25) is 5.88 Å². The third kappa shape index (κ3) is 1.87. The number of rotatable bonds is 4. The molecule has 6 heteroatoms. The van der Waals surface area contributed by atoms with E-state index in [0.29, 0.717) is 31.1 Å². The third-order valence-corrected chi connectivity index (χ3v) is 3.56. The van der Waals surface area contributed by atoms with E-state index >= 15 is 0 Å². The Kier molecular flexibility index (Phi) is 3.36. The van der Waals surface area contributed by atoms with Crippen LogP contribution >= 0.6 is 0 Å². The van der Waals surface area contributed by atoms with Crippen LogP contribution in [-0.4, -0.2) is 40.2 Å². The quantitative estimate of drug-likeness (QED) is 0.869. The van der Waals surface area contributed by atoms with Crippen molar-refractivity contribution in [3.63, 3.8) is 0 Å². The lowest BCUT2D eigenvalue weighted by molar-refractivity contribution is -0.143. The van der Waals surface area contributed by atoms with Crippen molar-refractivity contribution in [2.24, 2.45) is 0 Å². The molecule has 1 aliphatic heterocycles. The second kappa shape index (κ2) is 4.80. The monoisotopic (exact) mass is 251 g/mol. The van der Waals surface area contributed by atoms with Crippen molar-refractivity contribution >= 4 is 11.8 Å². The van der Waals surface area contributed by atoms with Crippen molar-refractivity contribution in [3.8, 4) is 5.88 Å². The lowest BCUT2D eigenvalue weighted by atomic mass is 9.93. The number of anilines is 1. The minimum atomic E-state index is -0.860. The van der Waals surface area contributed by atoms with Gasteiger partial charge in [0.05, 0.1) is 19.5 Å². The molecule has 1 N–H and O–H groups in total. The number of carboxylic acids is 1. The molecule has 0 bridgehead atoms. The minimum Gasteiger partial charge on any atom is -0.480 e. The maximum Gasteiger partial charge on any atom is 0.329 e. The summed E-state index contributed by atoms with van der Waals surface area (Å²) in [6.07, 6.45) is 5.12. The van der Waals surface area contributed by atoms with Gasteiger partial charge >= 0.3 is 5.97 Å². The van der Waals surface area contributed by atoms with Crippen molar-refractivity contribution in [1.29, 1.82) is 0 Å². The molecular formula is C12H17N3O3. The fourth-order valence-electron chi connectivity index (χ4n) is 2.52. The van der Waals surface area contributed by atoms with Crippen LogP contribution in [0.5, 0.6) is 5.88 Å². The van der Waals surface area contributed by atoms with Gasteiger partial charge in [0.15, 0.2) is 5.82 Å². The van der Waals surface area contributed by atoms with E-state index in [1.165, 1.54) is 13.3 Å². The van der Waals surface area contributed by atoms with Crippen molar-refractivity contribution in [1.82, 2.24) is 9.97 Å². The van der Waals surface area contributed by atoms with Gasteiger partial charge in [0.1, 0.15) is 5.54 Å². The summed E-state index contributed by atoms with van der Waals surface area (Å²) in [7, 11) is 1.52. The highest BCUT2D eigenvalue weighted by molar-refractivity contribution is 5.84. The number of nitrogens with zero attached hydrogens (tertiary/aromatic N) is 3. The second-order valence-corrected chi connectivity index (χ2v) is 4.37. The van der Waals surface area contributed by atoms with Crippen molar-refractivity contribution in [3.05, 3.63) is 12.4 Å². The highest BCUT2D eigenvalue weighted by Gasteiger charge is 2.47. The Bertz CT molecular complexity index is 452. The molecule has 1 aliphatic rings. The number of hydrogen-bond donors (Lipinski definition) is 1. The van der Waals surface area contributed by atoms with E-state index in [9.17, 15) is 9.90 Å². The first-order chi connectivity index (χ1) is 8.64. The van der Waals surface area contributed by atoms with Crippen LogP contribution in [-0.2, 0) is 4.79 Å². The van der Waals surface area contributed by atoms with Crippen LogP contribution in [0.15, 0.2) is 12.4 Å². The zero-order valence-corrected chi connectivity index (χ0v) is 10.6. The summed E-state index contributed by atoms with van der Waals surface area (Å²) >= 11 is 0. The molecule has 1 aromatic rings. The molecule has 1 saturated heterocycles. The maximum absolute atomic E-state index is 11.6. The van der Waals surface area contributed by atoms with Gasteiger partial charge in [-0.05, 0) is 19.3 Å². The smallest absolute Gasteiger partial charge is 0.329 e. The zero-order valence-electron chi connectivity index (χ0n) is 10.6. The highest BCUT2D eigenvalue weighted by atomic mass is 16.5. The Morgan fingerprint density at radius 2 is 2.39 bits per heavy atom. The summed E-state index contributed by atoms with van der Waals surface area (Å²) in [6, 6.07) is 0. The largest absolute Gasteiger partial charge is 0.480 e. The van der Waals surface area contributed by atoms with Gasteiger partial charge in [0.25, 0.3) is 0 Å². The van der Waals surface area contributed by atoms with E-state index in [2.05, 4.69) is 9.97 Å². The van der Waals surface area contributed by atoms with E-state index in [1.807, 2.05) is 11.8 Å². The Labute approximate surface area is 106 Å². The van der Waals surface area contributed by atoms with Crippen molar-refractivity contribution < 1.29 is 14.6 Å². The second-order valence-electron chi connectivity index (χ2n) is 4.37. The molecule has 0 spiro atoms. The normalized spacial score (nSPS) is 23.1. The minimum absolute atomic E-state index is 0.398. The van der Waals surface area contributed by atoms with Crippen LogP contribution in [0.25, 0.3) is 0 Å². The van der Waals surface area contributed by atoms with Gasteiger partial charge in [0, 0.05) is 6.54 Å². The average molecular weight is 251 g/mol. The average Bonchev–Trinajstić information content (AvgIpc) is 2.84. The van der Waals surface area contributed by atoms with Crippen LogP contribution in [0, 0.1) is 0 Å². The van der Waals surface area contributed by atoms with Gasteiger partial charge in [-0.25, -0.2) is 4.79 Å². The molecule has 6 nitrogen and oxygen atoms in total. The first-order valence-corrected chi connectivity index (χ1v) is 6.01. The molecule has 0 saturated carbocycles.